The molecule has 1 aromatic rings. The van der Waals surface area contributed by atoms with Gasteiger partial charge in [-0.25, -0.2) is 0 Å². The molecule has 5 aliphatic rings. The molecule has 4 bridgehead atoms. The predicted octanol–water partition coefficient (Wildman–Crippen LogP) is 1.93. The van der Waals surface area contributed by atoms with E-state index in [4.69, 9.17) is 4.74 Å². The van der Waals surface area contributed by atoms with Crippen LogP contribution in [0, 0.1) is 29.1 Å². The summed E-state index contributed by atoms with van der Waals surface area (Å²) in [5, 5.41) is 10.5. The summed E-state index contributed by atoms with van der Waals surface area (Å²) >= 11 is 0. The van der Waals surface area contributed by atoms with E-state index in [1.54, 1.807) is 0 Å². The third-order valence-corrected chi connectivity index (χ3v) is 8.80. The molecule has 0 aromatic heterocycles. The molecule has 0 radical (unpaired) electrons. The van der Waals surface area contributed by atoms with Gasteiger partial charge in [-0.3, -0.25) is 0 Å². The molecule has 31 heavy (non-hydrogen) atoms. The highest BCUT2D eigenvalue weighted by Gasteiger charge is 2.50. The number of likely N-dealkylation sites (tertiary alicyclic amines) is 1. The number of β-amino-alcohol motifs (C(OH)–C–C–N with tert-alkyl or cyclic N) is 1. The average Bonchev–Trinajstić information content (AvgIpc) is 2.73. The van der Waals surface area contributed by atoms with Crippen molar-refractivity contribution in [3.63, 3.8) is 0 Å². The van der Waals surface area contributed by atoms with E-state index in [9.17, 15) is 5.11 Å². The van der Waals surface area contributed by atoms with Crippen molar-refractivity contribution in [2.24, 2.45) is 29.1 Å². The minimum atomic E-state index is -0.341. The maximum atomic E-state index is 10.5. The molecule has 1 aliphatic heterocycles. The van der Waals surface area contributed by atoms with E-state index in [2.05, 4.69) is 35.2 Å². The Morgan fingerprint density at radius 3 is 2.19 bits per heavy atom. The molecular weight excluding hydrogens is 406 g/mol. The summed E-state index contributed by atoms with van der Waals surface area (Å²) < 4.78 is 6.00. The van der Waals surface area contributed by atoms with Gasteiger partial charge >= 0.3 is 0 Å². The van der Waals surface area contributed by atoms with Gasteiger partial charge in [0.25, 0.3) is 0 Å². The number of benzene rings is 1. The SMILES string of the molecule is OC(COCCC12CC3CC(CC(C3)C1)C2)CN1CCC(Cc2ccccc2)CC1.[Cl-]. The zero-order valence-electron chi connectivity index (χ0n) is 19.1. The smallest absolute Gasteiger partial charge is 0.0900 e. The van der Waals surface area contributed by atoms with Crippen LogP contribution in [-0.4, -0.2) is 49.0 Å². The first kappa shape index (κ1) is 23.5. The lowest BCUT2D eigenvalue weighted by molar-refractivity contribution is -0.0743. The predicted molar refractivity (Wildman–Crippen MR) is 121 cm³/mol. The molecule has 174 valence electrons. The van der Waals surface area contributed by atoms with E-state index >= 15 is 0 Å². The van der Waals surface area contributed by atoms with Gasteiger partial charge in [-0.2, -0.15) is 0 Å². The molecule has 1 aromatic carbocycles. The topological polar surface area (TPSA) is 32.7 Å². The molecule has 0 amide bonds. The standard InChI is InChI=1S/C27H41NO2.ClH/c29-26(19-28-9-6-22(7-10-28)12-21-4-2-1-3-5-21)20-30-11-8-27-16-23-13-24(17-27)15-25(14-23)18-27;/h1-5,22-26,29H,6-20H2;1H/p-1. The van der Waals surface area contributed by atoms with Crippen LogP contribution in [0.2, 0.25) is 0 Å². The zero-order chi connectivity index (χ0) is 20.4. The third kappa shape index (κ3) is 6.05. The van der Waals surface area contributed by atoms with Gasteiger partial charge in [0.2, 0.25) is 0 Å². The molecule has 1 heterocycles. The fourth-order valence-corrected chi connectivity index (χ4v) is 7.78. The van der Waals surface area contributed by atoms with Crippen LogP contribution in [0.1, 0.15) is 63.4 Å². The minimum absolute atomic E-state index is 0. The molecule has 4 heteroatoms. The Hall–Kier alpha value is -0.610. The molecule has 1 N–H and O–H groups in total. The normalized spacial score (nSPS) is 33.9. The van der Waals surface area contributed by atoms with Crippen LogP contribution in [0.25, 0.3) is 0 Å². The van der Waals surface area contributed by atoms with Gasteiger partial charge in [-0.15, -0.1) is 0 Å². The summed E-state index contributed by atoms with van der Waals surface area (Å²) in [5.41, 5.74) is 2.06. The molecule has 1 unspecified atom stereocenters. The van der Waals surface area contributed by atoms with Crippen LogP contribution in [0.15, 0.2) is 30.3 Å². The van der Waals surface area contributed by atoms with Crippen molar-refractivity contribution in [3.05, 3.63) is 35.9 Å². The Morgan fingerprint density at radius 1 is 0.968 bits per heavy atom. The van der Waals surface area contributed by atoms with Crippen LogP contribution in [0.3, 0.4) is 0 Å². The van der Waals surface area contributed by atoms with E-state index in [1.165, 1.54) is 69.8 Å². The summed E-state index contributed by atoms with van der Waals surface area (Å²) in [6, 6.07) is 10.9. The second kappa shape index (κ2) is 10.5. The van der Waals surface area contributed by atoms with E-state index in [0.717, 1.165) is 49.9 Å². The van der Waals surface area contributed by atoms with E-state index in [-0.39, 0.29) is 18.5 Å². The number of aliphatic hydroxyl groups excluding tert-OH is 1. The molecule has 1 atom stereocenters. The third-order valence-electron chi connectivity index (χ3n) is 8.80. The van der Waals surface area contributed by atoms with Crippen molar-refractivity contribution in [2.45, 2.75) is 70.3 Å². The van der Waals surface area contributed by atoms with Gasteiger partial charge < -0.3 is 27.2 Å². The summed E-state index contributed by atoms with van der Waals surface area (Å²) in [7, 11) is 0. The fraction of sp³-hybridized carbons (Fsp3) is 0.778. The molecular formula is C27H41ClNO2-. The highest BCUT2D eigenvalue weighted by Crippen LogP contribution is 2.61. The first-order valence-corrected chi connectivity index (χ1v) is 12.7. The van der Waals surface area contributed by atoms with E-state index in [1.807, 2.05) is 0 Å². The van der Waals surface area contributed by atoms with Gasteiger partial charge in [0, 0.05) is 13.2 Å². The van der Waals surface area contributed by atoms with Crippen LogP contribution < -0.4 is 12.4 Å². The van der Waals surface area contributed by atoms with Crippen molar-refractivity contribution in [2.75, 3.05) is 32.8 Å². The number of piperidine rings is 1. The molecule has 0 spiro atoms. The monoisotopic (exact) mass is 446 g/mol. The number of ether oxygens (including phenoxy) is 1. The number of rotatable bonds is 9. The van der Waals surface area contributed by atoms with Crippen molar-refractivity contribution in [1.82, 2.24) is 4.90 Å². The van der Waals surface area contributed by atoms with Crippen molar-refractivity contribution in [1.29, 1.82) is 0 Å². The van der Waals surface area contributed by atoms with Gasteiger partial charge in [-0.1, -0.05) is 30.3 Å². The summed E-state index contributed by atoms with van der Waals surface area (Å²) in [5.74, 6) is 3.85. The summed E-state index contributed by atoms with van der Waals surface area (Å²) in [6.07, 6.45) is 13.5. The number of nitrogens with zero attached hydrogens (tertiary/aromatic N) is 1. The number of aliphatic hydroxyl groups is 1. The minimum Gasteiger partial charge on any atom is -1.00 e. The van der Waals surface area contributed by atoms with Crippen molar-refractivity contribution in [3.8, 4) is 0 Å². The van der Waals surface area contributed by atoms with Crippen molar-refractivity contribution < 1.29 is 22.3 Å². The second-order valence-electron chi connectivity index (χ2n) is 11.3. The number of hydrogen-bond acceptors (Lipinski definition) is 3. The van der Waals surface area contributed by atoms with Crippen LogP contribution in [0.4, 0.5) is 0 Å². The zero-order valence-corrected chi connectivity index (χ0v) is 19.8. The Bertz CT molecular complexity index is 638. The first-order valence-electron chi connectivity index (χ1n) is 12.7. The van der Waals surface area contributed by atoms with Crippen molar-refractivity contribution >= 4 is 0 Å². The molecule has 3 nitrogen and oxygen atoms in total. The van der Waals surface area contributed by atoms with Crippen LogP contribution >= 0.6 is 0 Å². The average molecular weight is 447 g/mol. The van der Waals surface area contributed by atoms with Crippen LogP contribution in [0.5, 0.6) is 0 Å². The van der Waals surface area contributed by atoms with Crippen LogP contribution in [-0.2, 0) is 11.2 Å². The van der Waals surface area contributed by atoms with Gasteiger partial charge in [-0.05, 0) is 112 Å². The Labute approximate surface area is 195 Å². The second-order valence-corrected chi connectivity index (χ2v) is 11.3. The van der Waals surface area contributed by atoms with E-state index in [0.29, 0.717) is 12.0 Å². The fourth-order valence-electron chi connectivity index (χ4n) is 7.78. The molecule has 1 saturated heterocycles. The maximum Gasteiger partial charge on any atom is 0.0900 e. The number of halogens is 1. The summed E-state index contributed by atoms with van der Waals surface area (Å²) in [6.45, 7) is 4.36. The largest absolute Gasteiger partial charge is 1.00 e. The highest BCUT2D eigenvalue weighted by molar-refractivity contribution is 5.15. The Kier molecular flexibility index (Phi) is 8.01. The van der Waals surface area contributed by atoms with Gasteiger partial charge in [0.1, 0.15) is 0 Å². The van der Waals surface area contributed by atoms with Gasteiger partial charge in [0.05, 0.1) is 12.7 Å². The van der Waals surface area contributed by atoms with Gasteiger partial charge in [0.15, 0.2) is 0 Å². The summed E-state index contributed by atoms with van der Waals surface area (Å²) in [4.78, 5) is 2.44. The molecule has 4 aliphatic carbocycles. The lowest BCUT2D eigenvalue weighted by atomic mass is 9.49. The quantitative estimate of drug-likeness (QED) is 0.588. The molecule has 6 rings (SSSR count). The van der Waals surface area contributed by atoms with E-state index < -0.39 is 0 Å². The Balaban J connectivity index is 0.00000231. The Morgan fingerprint density at radius 2 is 1.58 bits per heavy atom. The molecule has 5 fully saturated rings. The number of hydrogen-bond donors (Lipinski definition) is 1. The maximum absolute atomic E-state index is 10.5. The molecule has 4 saturated carbocycles. The lowest BCUT2D eigenvalue weighted by Crippen LogP contribution is -3.00. The lowest BCUT2D eigenvalue weighted by Gasteiger charge is -2.57. The first-order chi connectivity index (χ1) is 14.7. The highest BCUT2D eigenvalue weighted by atomic mass is 35.5.